The predicted molar refractivity (Wildman–Crippen MR) is 212 cm³/mol. The third-order valence-corrected chi connectivity index (χ3v) is 9.54. The van der Waals surface area contributed by atoms with Crippen LogP contribution < -0.4 is 20.3 Å². The summed E-state index contributed by atoms with van der Waals surface area (Å²) < 4.78 is 5.35. The van der Waals surface area contributed by atoms with E-state index in [1.54, 1.807) is 42.5 Å². The number of fused-ring (bicyclic) bond motifs is 1. The van der Waals surface area contributed by atoms with Crippen molar-refractivity contribution in [2.75, 3.05) is 62.4 Å². The highest BCUT2D eigenvalue weighted by atomic mass is 16.5. The Morgan fingerprint density at radius 2 is 1.79 bits per heavy atom. The molecule has 4 N–H and O–H groups in total. The number of benzene rings is 3. The highest BCUT2D eigenvalue weighted by Gasteiger charge is 2.24. The zero-order valence-electron chi connectivity index (χ0n) is 31.5. The summed E-state index contributed by atoms with van der Waals surface area (Å²) in [6.45, 7) is 3.73. The molecule has 57 heavy (non-hydrogen) atoms. The van der Waals surface area contributed by atoms with E-state index in [0.717, 1.165) is 39.4 Å². The summed E-state index contributed by atoms with van der Waals surface area (Å²) in [6, 6.07) is 21.3. The van der Waals surface area contributed by atoms with Crippen LogP contribution in [-0.4, -0.2) is 115 Å². The summed E-state index contributed by atoms with van der Waals surface area (Å²) in [5.41, 5.74) is 5.04. The zero-order valence-corrected chi connectivity index (χ0v) is 31.5. The van der Waals surface area contributed by atoms with Gasteiger partial charge in [-0.2, -0.15) is 20.2 Å². The highest BCUT2D eigenvalue weighted by Crippen LogP contribution is 2.22. The number of nitrogens with one attached hydrogen (secondary N) is 3. The van der Waals surface area contributed by atoms with Crippen molar-refractivity contribution in [3.05, 3.63) is 114 Å². The van der Waals surface area contributed by atoms with Crippen LogP contribution in [0.2, 0.25) is 0 Å². The van der Waals surface area contributed by atoms with Gasteiger partial charge in [-0.25, -0.2) is 14.8 Å². The van der Waals surface area contributed by atoms with E-state index in [0.29, 0.717) is 62.9 Å². The number of amides is 1. The molecule has 1 aliphatic rings. The van der Waals surface area contributed by atoms with E-state index in [1.165, 1.54) is 12.4 Å². The lowest BCUT2D eigenvalue weighted by Gasteiger charge is -2.34. The van der Waals surface area contributed by atoms with Gasteiger partial charge >= 0.3 is 5.97 Å². The van der Waals surface area contributed by atoms with Gasteiger partial charge in [0.25, 0.3) is 5.91 Å². The fourth-order valence-corrected chi connectivity index (χ4v) is 6.44. The van der Waals surface area contributed by atoms with Gasteiger partial charge in [-0.3, -0.25) is 14.7 Å². The topological polar surface area (TPSA) is 214 Å². The van der Waals surface area contributed by atoms with Gasteiger partial charge in [0.05, 0.1) is 36.0 Å². The van der Waals surface area contributed by atoms with Crippen molar-refractivity contribution in [2.24, 2.45) is 0 Å². The maximum absolute atomic E-state index is 12.9. The molecule has 4 heterocycles. The van der Waals surface area contributed by atoms with Crippen molar-refractivity contribution >= 4 is 46.4 Å². The van der Waals surface area contributed by atoms with E-state index in [4.69, 9.17) is 14.7 Å². The first kappa shape index (κ1) is 38.1. The lowest BCUT2D eigenvalue weighted by atomic mass is 10.0. The molecule has 3 aromatic heterocycles. The first-order chi connectivity index (χ1) is 27.7. The molecular weight excluding hydrogens is 727 g/mol. The van der Waals surface area contributed by atoms with Crippen LogP contribution in [0.25, 0.3) is 11.0 Å². The molecule has 1 fully saturated rings. The van der Waals surface area contributed by atoms with Crippen LogP contribution in [0.15, 0.2) is 85.3 Å². The molecule has 6 aromatic rings. The Hall–Kier alpha value is -7.19. The van der Waals surface area contributed by atoms with E-state index >= 15 is 0 Å². The maximum Gasteiger partial charge on any atom is 0.326 e. The number of ether oxygens (including phenoxy) is 1. The molecule has 0 aliphatic carbocycles. The van der Waals surface area contributed by atoms with Crippen LogP contribution in [0.4, 0.5) is 23.5 Å². The van der Waals surface area contributed by atoms with Crippen LogP contribution in [0.5, 0.6) is 5.75 Å². The molecule has 0 spiro atoms. The Bertz CT molecular complexity index is 2380. The van der Waals surface area contributed by atoms with Crippen LogP contribution in [0, 0.1) is 11.3 Å². The molecule has 1 atom stereocenters. The van der Waals surface area contributed by atoms with Crippen molar-refractivity contribution in [1.29, 1.82) is 5.26 Å². The number of carbonyl (C=O) groups is 2. The fourth-order valence-electron chi connectivity index (χ4n) is 6.44. The molecule has 0 bridgehead atoms. The number of nitrogens with zero attached hydrogens (tertiary/aromatic N) is 10. The minimum Gasteiger partial charge on any atom is -0.497 e. The van der Waals surface area contributed by atoms with Gasteiger partial charge in [0.2, 0.25) is 17.8 Å². The largest absolute Gasteiger partial charge is 0.497 e. The average Bonchev–Trinajstić information content (AvgIpc) is 3.65. The van der Waals surface area contributed by atoms with Gasteiger partial charge in [-0.15, -0.1) is 0 Å². The van der Waals surface area contributed by atoms with E-state index < -0.39 is 12.0 Å². The lowest BCUT2D eigenvalue weighted by Crippen LogP contribution is -2.48. The SMILES string of the molecule is COc1ccc2nc(CCN(C)c3nc(Nc4cccc(CN5CCN(C(=O)c6cnccn6)CC5)c4)nc(NC(Cc4ccc(C#N)cc4)C(=O)O)n3)[nH]c2c1. The zero-order chi connectivity index (χ0) is 39.7. The number of hydrogen-bond acceptors (Lipinski definition) is 14. The number of likely N-dealkylation sites (N-methyl/N-ethyl adjacent to an activating group) is 1. The Morgan fingerprint density at radius 3 is 2.53 bits per heavy atom. The quantitative estimate of drug-likeness (QED) is 0.117. The number of hydrogen-bond donors (Lipinski definition) is 4. The predicted octanol–water partition coefficient (Wildman–Crippen LogP) is 3.91. The number of nitriles is 1. The summed E-state index contributed by atoms with van der Waals surface area (Å²) in [7, 11) is 3.47. The Kier molecular flexibility index (Phi) is 11.7. The maximum atomic E-state index is 12.9. The summed E-state index contributed by atoms with van der Waals surface area (Å²) in [4.78, 5) is 61.4. The third kappa shape index (κ3) is 9.74. The molecule has 1 saturated heterocycles. The van der Waals surface area contributed by atoms with Crippen LogP contribution in [0.3, 0.4) is 0 Å². The van der Waals surface area contributed by atoms with Crippen LogP contribution >= 0.6 is 0 Å². The normalized spacial score (nSPS) is 13.5. The first-order valence-electron chi connectivity index (χ1n) is 18.3. The Labute approximate surface area is 328 Å². The number of rotatable bonds is 15. The summed E-state index contributed by atoms with van der Waals surface area (Å²) in [5, 5.41) is 25.7. The van der Waals surface area contributed by atoms with Crippen LogP contribution in [-0.2, 0) is 24.2 Å². The molecule has 3 aromatic carbocycles. The number of H-pyrrole nitrogens is 1. The van der Waals surface area contributed by atoms with Gasteiger partial charge in [0.1, 0.15) is 23.3 Å². The van der Waals surface area contributed by atoms with E-state index in [9.17, 15) is 20.0 Å². The third-order valence-electron chi connectivity index (χ3n) is 9.54. The monoisotopic (exact) mass is 767 g/mol. The number of imidazole rings is 1. The van der Waals surface area contributed by atoms with Crippen molar-refractivity contribution in [3.63, 3.8) is 0 Å². The van der Waals surface area contributed by atoms with Crippen molar-refractivity contribution in [1.82, 2.24) is 44.7 Å². The number of aromatic amines is 1. The Balaban J connectivity index is 1.07. The number of aromatic nitrogens is 7. The molecule has 1 aliphatic heterocycles. The van der Waals surface area contributed by atoms with Crippen molar-refractivity contribution in [3.8, 4) is 11.8 Å². The van der Waals surface area contributed by atoms with Gasteiger partial charge in [0, 0.05) is 83.3 Å². The van der Waals surface area contributed by atoms with Gasteiger partial charge in [-0.05, 0) is 47.5 Å². The minimum atomic E-state index is -1.09. The molecule has 17 heteroatoms. The number of carboxylic acids is 1. The number of carbonyl (C=O) groups excluding carboxylic acids is 1. The number of anilines is 4. The molecule has 17 nitrogen and oxygen atoms in total. The van der Waals surface area contributed by atoms with Gasteiger partial charge in [0.15, 0.2) is 0 Å². The second-order valence-corrected chi connectivity index (χ2v) is 13.6. The standard InChI is InChI=1S/C40H41N13O4/c1-51(15-12-35-45-31-11-10-30(57-2)22-32(31)46-35)40-49-38(48-39(50-40)47-33(37(55)56)21-26-6-8-27(23-41)9-7-26)44-29-5-3-4-28(20-29)25-52-16-18-53(19-17-52)36(54)34-24-42-13-14-43-34/h3-11,13-14,20,22,24,33H,12,15-19,21,25H2,1-2H3,(H,45,46)(H,55,56)(H2,44,47,48,49,50). The highest BCUT2D eigenvalue weighted by molar-refractivity contribution is 5.92. The molecule has 290 valence electrons. The summed E-state index contributed by atoms with van der Waals surface area (Å²) in [5.74, 6) is 0.926. The first-order valence-corrected chi connectivity index (χ1v) is 18.3. The second-order valence-electron chi connectivity index (χ2n) is 13.6. The van der Waals surface area contributed by atoms with E-state index in [2.05, 4.69) is 46.5 Å². The molecule has 7 rings (SSSR count). The van der Waals surface area contributed by atoms with Crippen molar-refractivity contribution < 1.29 is 19.4 Å². The van der Waals surface area contributed by atoms with E-state index in [-0.39, 0.29) is 24.2 Å². The van der Waals surface area contributed by atoms with E-state index in [1.807, 2.05) is 54.4 Å². The fraction of sp³-hybridized carbons (Fsp3) is 0.275. The number of methoxy groups -OCH3 is 1. The summed E-state index contributed by atoms with van der Waals surface area (Å²) >= 11 is 0. The average molecular weight is 768 g/mol. The van der Waals surface area contributed by atoms with Gasteiger partial charge in [-0.1, -0.05) is 24.3 Å². The summed E-state index contributed by atoms with van der Waals surface area (Å²) in [6.07, 6.45) is 5.23. The smallest absolute Gasteiger partial charge is 0.326 e. The Morgan fingerprint density at radius 1 is 0.982 bits per heavy atom. The molecule has 0 saturated carbocycles. The lowest BCUT2D eigenvalue weighted by molar-refractivity contribution is -0.137. The minimum absolute atomic E-state index is 0.0799. The number of piperazine rings is 1. The molecule has 0 radical (unpaired) electrons. The molecular formula is C40H41N13O4. The number of aliphatic carboxylic acids is 1. The number of carboxylic acid groups (broad SMARTS) is 1. The van der Waals surface area contributed by atoms with Crippen LogP contribution in [0.1, 0.15) is 33.0 Å². The molecule has 1 unspecified atom stereocenters. The second kappa shape index (κ2) is 17.5. The van der Waals surface area contributed by atoms with Crippen molar-refractivity contribution in [2.45, 2.75) is 25.4 Å². The van der Waals surface area contributed by atoms with Gasteiger partial charge < -0.3 is 35.3 Å². The molecule has 1 amide bonds.